The van der Waals surface area contributed by atoms with Crippen molar-refractivity contribution in [2.75, 3.05) is 31.1 Å². The molecule has 28 heavy (non-hydrogen) atoms. The molecule has 144 valence electrons. The van der Waals surface area contributed by atoms with E-state index in [-0.39, 0.29) is 11.7 Å². The number of hydrogen-bond donors (Lipinski definition) is 0. The van der Waals surface area contributed by atoms with E-state index < -0.39 is 0 Å². The van der Waals surface area contributed by atoms with Crippen LogP contribution in [0.4, 0.5) is 10.2 Å². The van der Waals surface area contributed by atoms with Crippen molar-refractivity contribution in [1.82, 2.24) is 24.7 Å². The third kappa shape index (κ3) is 3.08. The van der Waals surface area contributed by atoms with E-state index in [2.05, 4.69) is 20.2 Å². The molecule has 2 saturated heterocycles. The van der Waals surface area contributed by atoms with E-state index in [1.807, 2.05) is 23.1 Å². The van der Waals surface area contributed by atoms with Gasteiger partial charge in [-0.25, -0.2) is 4.39 Å². The van der Waals surface area contributed by atoms with Gasteiger partial charge in [-0.1, -0.05) is 18.2 Å². The summed E-state index contributed by atoms with van der Waals surface area (Å²) in [7, 11) is 0. The second kappa shape index (κ2) is 6.85. The standard InChI is InChI=1S/C20H21FN6O/c21-17-4-2-1-3-14(17)5-8-20(28)26-11-15-9-25(10-16(15)12-26)19-7-6-18-23-22-13-27(18)24-19/h1-4,6-7,13,15-16H,5,8-12H2. The summed E-state index contributed by atoms with van der Waals surface area (Å²) in [6.07, 6.45) is 2.41. The number of carbonyl (C=O) groups excluding carboxylic acids is 1. The maximum absolute atomic E-state index is 13.7. The third-order valence-corrected chi connectivity index (χ3v) is 5.88. The van der Waals surface area contributed by atoms with Crippen molar-refractivity contribution in [2.45, 2.75) is 12.8 Å². The van der Waals surface area contributed by atoms with Crippen molar-refractivity contribution >= 4 is 17.4 Å². The predicted molar refractivity (Wildman–Crippen MR) is 101 cm³/mol. The lowest BCUT2D eigenvalue weighted by Gasteiger charge is -2.22. The normalized spacial score (nSPS) is 21.5. The highest BCUT2D eigenvalue weighted by Crippen LogP contribution is 2.33. The van der Waals surface area contributed by atoms with Crippen LogP contribution in [0.3, 0.4) is 0 Å². The summed E-state index contributed by atoms with van der Waals surface area (Å²) >= 11 is 0. The zero-order valence-electron chi connectivity index (χ0n) is 15.4. The highest BCUT2D eigenvalue weighted by molar-refractivity contribution is 5.77. The number of benzene rings is 1. The predicted octanol–water partition coefficient (Wildman–Crippen LogP) is 1.79. The molecule has 2 aromatic heterocycles. The molecular weight excluding hydrogens is 359 g/mol. The molecule has 3 aromatic rings. The summed E-state index contributed by atoms with van der Waals surface area (Å²) in [5.41, 5.74) is 1.34. The lowest BCUT2D eigenvalue weighted by atomic mass is 10.0. The fourth-order valence-electron chi connectivity index (χ4n) is 4.37. The minimum Gasteiger partial charge on any atom is -0.354 e. The third-order valence-electron chi connectivity index (χ3n) is 5.88. The molecule has 4 heterocycles. The average molecular weight is 380 g/mol. The van der Waals surface area contributed by atoms with Gasteiger partial charge in [-0.15, -0.1) is 15.3 Å². The van der Waals surface area contributed by atoms with Gasteiger partial charge in [0.25, 0.3) is 0 Å². The monoisotopic (exact) mass is 380 g/mol. The summed E-state index contributed by atoms with van der Waals surface area (Å²) in [4.78, 5) is 16.8. The maximum Gasteiger partial charge on any atom is 0.222 e. The number of nitrogens with zero attached hydrogens (tertiary/aromatic N) is 6. The molecule has 0 bridgehead atoms. The zero-order valence-corrected chi connectivity index (χ0v) is 15.4. The van der Waals surface area contributed by atoms with Crippen LogP contribution in [0, 0.1) is 17.7 Å². The highest BCUT2D eigenvalue weighted by Gasteiger charge is 2.41. The van der Waals surface area contributed by atoms with Crippen LogP contribution < -0.4 is 4.90 Å². The van der Waals surface area contributed by atoms with Gasteiger partial charge in [0.2, 0.25) is 5.91 Å². The fraction of sp³-hybridized carbons (Fsp3) is 0.400. The average Bonchev–Trinajstić information content (AvgIpc) is 3.40. The van der Waals surface area contributed by atoms with Crippen LogP contribution in [-0.2, 0) is 11.2 Å². The Kier molecular flexibility index (Phi) is 4.18. The number of amides is 1. The summed E-state index contributed by atoms with van der Waals surface area (Å²) in [6, 6.07) is 10.6. The molecular formula is C20H21FN6O. The molecule has 7 nitrogen and oxygen atoms in total. The molecule has 2 atom stereocenters. The molecule has 0 saturated carbocycles. The molecule has 2 fully saturated rings. The summed E-state index contributed by atoms with van der Waals surface area (Å²) in [6.45, 7) is 3.32. The number of halogens is 1. The first-order valence-corrected chi connectivity index (χ1v) is 9.60. The minimum atomic E-state index is -0.234. The molecule has 2 unspecified atom stereocenters. The summed E-state index contributed by atoms with van der Waals surface area (Å²) < 4.78 is 15.4. The Balaban J connectivity index is 1.18. The number of fused-ring (bicyclic) bond motifs is 2. The van der Waals surface area contributed by atoms with Gasteiger partial charge in [-0.05, 0) is 30.2 Å². The van der Waals surface area contributed by atoms with Crippen LogP contribution in [-0.4, -0.2) is 56.8 Å². The molecule has 8 heteroatoms. The van der Waals surface area contributed by atoms with Crippen molar-refractivity contribution < 1.29 is 9.18 Å². The van der Waals surface area contributed by atoms with Crippen LogP contribution in [0.5, 0.6) is 0 Å². The van der Waals surface area contributed by atoms with Crippen molar-refractivity contribution in [3.63, 3.8) is 0 Å². The second-order valence-electron chi connectivity index (χ2n) is 7.64. The Bertz CT molecular complexity index is 1010. The first kappa shape index (κ1) is 17.1. The van der Waals surface area contributed by atoms with Crippen LogP contribution >= 0.6 is 0 Å². The SMILES string of the molecule is O=C(CCc1ccccc1F)N1CC2CN(c3ccc4nncn4n3)CC2C1. The molecule has 0 radical (unpaired) electrons. The summed E-state index contributed by atoms with van der Waals surface area (Å²) in [5, 5.41) is 12.4. The van der Waals surface area contributed by atoms with E-state index in [1.54, 1.807) is 23.0 Å². The number of rotatable bonds is 4. The number of aromatic nitrogens is 4. The van der Waals surface area contributed by atoms with Crippen molar-refractivity contribution in [2.24, 2.45) is 11.8 Å². The largest absolute Gasteiger partial charge is 0.354 e. The number of likely N-dealkylation sites (tertiary alicyclic amines) is 1. The van der Waals surface area contributed by atoms with Crippen LogP contribution in [0.25, 0.3) is 5.65 Å². The van der Waals surface area contributed by atoms with E-state index in [0.717, 1.165) is 37.6 Å². The number of carbonyl (C=O) groups is 1. The highest BCUT2D eigenvalue weighted by atomic mass is 19.1. The molecule has 2 aliphatic heterocycles. The van der Waals surface area contributed by atoms with Crippen molar-refractivity contribution in [3.05, 3.63) is 54.1 Å². The van der Waals surface area contributed by atoms with Gasteiger partial charge >= 0.3 is 0 Å². The first-order valence-electron chi connectivity index (χ1n) is 9.60. The number of aryl methyl sites for hydroxylation is 1. The van der Waals surface area contributed by atoms with Gasteiger partial charge in [0, 0.05) is 44.4 Å². The van der Waals surface area contributed by atoms with E-state index in [0.29, 0.717) is 30.2 Å². The summed E-state index contributed by atoms with van der Waals surface area (Å²) in [5.74, 6) is 1.71. The van der Waals surface area contributed by atoms with Gasteiger partial charge < -0.3 is 9.80 Å². The molecule has 0 aliphatic carbocycles. The Morgan fingerprint density at radius 2 is 1.86 bits per heavy atom. The van der Waals surface area contributed by atoms with Gasteiger partial charge in [-0.2, -0.15) is 4.52 Å². The molecule has 1 amide bonds. The lowest BCUT2D eigenvalue weighted by Crippen LogP contribution is -2.33. The van der Waals surface area contributed by atoms with Gasteiger partial charge in [-0.3, -0.25) is 4.79 Å². The minimum absolute atomic E-state index is 0.119. The first-order chi connectivity index (χ1) is 13.7. The van der Waals surface area contributed by atoms with Gasteiger partial charge in [0.1, 0.15) is 18.0 Å². The quantitative estimate of drug-likeness (QED) is 0.690. The van der Waals surface area contributed by atoms with E-state index in [9.17, 15) is 9.18 Å². The molecule has 1 aromatic carbocycles. The zero-order chi connectivity index (χ0) is 19.1. The number of anilines is 1. The van der Waals surface area contributed by atoms with Gasteiger partial charge in [0.15, 0.2) is 5.65 Å². The fourth-order valence-corrected chi connectivity index (χ4v) is 4.37. The molecule has 2 aliphatic rings. The Morgan fingerprint density at radius 3 is 2.64 bits per heavy atom. The smallest absolute Gasteiger partial charge is 0.222 e. The Morgan fingerprint density at radius 1 is 1.07 bits per heavy atom. The molecule has 0 spiro atoms. The van der Waals surface area contributed by atoms with Crippen LogP contribution in [0.2, 0.25) is 0 Å². The second-order valence-corrected chi connectivity index (χ2v) is 7.64. The van der Waals surface area contributed by atoms with Crippen molar-refractivity contribution in [1.29, 1.82) is 0 Å². The van der Waals surface area contributed by atoms with Gasteiger partial charge in [0.05, 0.1) is 0 Å². The van der Waals surface area contributed by atoms with E-state index >= 15 is 0 Å². The molecule has 0 N–H and O–H groups in total. The van der Waals surface area contributed by atoms with E-state index in [4.69, 9.17) is 0 Å². The number of hydrogen-bond acceptors (Lipinski definition) is 5. The van der Waals surface area contributed by atoms with Crippen LogP contribution in [0.1, 0.15) is 12.0 Å². The van der Waals surface area contributed by atoms with E-state index in [1.165, 1.54) is 6.07 Å². The molecule has 5 rings (SSSR count). The Labute approximate surface area is 161 Å². The topological polar surface area (TPSA) is 66.6 Å². The Hall–Kier alpha value is -3.03. The lowest BCUT2D eigenvalue weighted by molar-refractivity contribution is -0.130. The maximum atomic E-state index is 13.7. The van der Waals surface area contributed by atoms with Crippen molar-refractivity contribution in [3.8, 4) is 0 Å². The van der Waals surface area contributed by atoms with Crippen LogP contribution in [0.15, 0.2) is 42.7 Å².